The number of aromatic nitrogens is 1. The molecule has 1 aliphatic rings. The highest BCUT2D eigenvalue weighted by Gasteiger charge is 2.30. The van der Waals surface area contributed by atoms with Gasteiger partial charge in [-0.25, -0.2) is 4.98 Å². The Kier molecular flexibility index (Phi) is 3.31. The maximum Gasteiger partial charge on any atom is 0.137 e. The van der Waals surface area contributed by atoms with Gasteiger partial charge in [-0.3, -0.25) is 0 Å². The van der Waals surface area contributed by atoms with Crippen molar-refractivity contribution in [2.45, 2.75) is 25.8 Å². The zero-order valence-corrected chi connectivity index (χ0v) is 10.9. The number of hydrogen-bond acceptors (Lipinski definition) is 4. The van der Waals surface area contributed by atoms with Crippen LogP contribution in [0.25, 0.3) is 0 Å². The summed E-state index contributed by atoms with van der Waals surface area (Å²) in [4.78, 5) is 4.83. The molecule has 0 saturated carbocycles. The summed E-state index contributed by atoms with van der Waals surface area (Å²) in [5.41, 5.74) is 7.35. The van der Waals surface area contributed by atoms with Crippen molar-refractivity contribution in [3.05, 3.63) is 23.4 Å². The van der Waals surface area contributed by atoms with Crippen LogP contribution in [0.3, 0.4) is 0 Å². The minimum atomic E-state index is -0.0830. The van der Waals surface area contributed by atoms with Gasteiger partial charge in [0.05, 0.1) is 17.7 Å². The molecule has 0 spiro atoms. The van der Waals surface area contributed by atoms with Crippen LogP contribution in [0.1, 0.15) is 24.6 Å². The third-order valence-corrected chi connectivity index (χ3v) is 3.16. The van der Waals surface area contributed by atoms with E-state index in [1.165, 1.54) is 0 Å². The lowest BCUT2D eigenvalue weighted by Gasteiger charge is -2.25. The SMILES string of the molecule is Cc1ccc(C(N)=S)c(NC2(C)CCOC2)n1. The van der Waals surface area contributed by atoms with E-state index in [1.807, 2.05) is 19.1 Å². The number of pyridine rings is 1. The van der Waals surface area contributed by atoms with Gasteiger partial charge in [-0.2, -0.15) is 0 Å². The topological polar surface area (TPSA) is 60.2 Å². The number of nitrogens with two attached hydrogens (primary N) is 1. The first-order chi connectivity index (χ1) is 8.00. The van der Waals surface area contributed by atoms with Crippen molar-refractivity contribution in [2.75, 3.05) is 18.5 Å². The van der Waals surface area contributed by atoms with Crippen molar-refractivity contribution in [3.8, 4) is 0 Å². The van der Waals surface area contributed by atoms with Crippen LogP contribution in [0.5, 0.6) is 0 Å². The minimum absolute atomic E-state index is 0.0830. The van der Waals surface area contributed by atoms with Crippen molar-refractivity contribution in [3.63, 3.8) is 0 Å². The van der Waals surface area contributed by atoms with Gasteiger partial charge in [-0.15, -0.1) is 0 Å². The summed E-state index contributed by atoms with van der Waals surface area (Å²) in [6, 6.07) is 3.82. The van der Waals surface area contributed by atoms with E-state index in [2.05, 4.69) is 17.2 Å². The predicted molar refractivity (Wildman–Crippen MR) is 72.3 cm³/mol. The number of rotatable bonds is 3. The highest BCUT2D eigenvalue weighted by Crippen LogP contribution is 2.25. The normalized spacial score (nSPS) is 23.6. The van der Waals surface area contributed by atoms with Gasteiger partial charge in [0.2, 0.25) is 0 Å². The molecule has 2 rings (SSSR count). The Balaban J connectivity index is 2.30. The molecule has 0 aliphatic carbocycles. The molecule has 0 amide bonds. The Morgan fingerprint density at radius 3 is 2.94 bits per heavy atom. The lowest BCUT2D eigenvalue weighted by Crippen LogP contribution is -2.36. The molecule has 1 saturated heterocycles. The average Bonchev–Trinajstić information content (AvgIpc) is 2.64. The van der Waals surface area contributed by atoms with Gasteiger partial charge >= 0.3 is 0 Å². The monoisotopic (exact) mass is 251 g/mol. The van der Waals surface area contributed by atoms with Gasteiger partial charge in [-0.05, 0) is 32.4 Å². The molecule has 0 radical (unpaired) electrons. The van der Waals surface area contributed by atoms with E-state index in [0.29, 0.717) is 11.6 Å². The number of ether oxygens (including phenoxy) is 1. The molecule has 5 heteroatoms. The molecule has 1 aromatic heterocycles. The number of anilines is 1. The Labute approximate surface area is 107 Å². The van der Waals surface area contributed by atoms with Gasteiger partial charge in [0.15, 0.2) is 0 Å². The van der Waals surface area contributed by atoms with Crippen molar-refractivity contribution in [1.82, 2.24) is 4.98 Å². The van der Waals surface area contributed by atoms with E-state index in [-0.39, 0.29) is 5.54 Å². The zero-order chi connectivity index (χ0) is 12.5. The molecule has 1 fully saturated rings. The molecule has 1 unspecified atom stereocenters. The van der Waals surface area contributed by atoms with E-state index in [1.54, 1.807) is 0 Å². The van der Waals surface area contributed by atoms with E-state index < -0.39 is 0 Å². The molecule has 1 aromatic rings. The molecular weight excluding hydrogens is 234 g/mol. The number of aryl methyl sites for hydroxylation is 1. The number of thiocarbonyl (C=S) groups is 1. The molecule has 92 valence electrons. The third kappa shape index (κ3) is 2.73. The van der Waals surface area contributed by atoms with Crippen LogP contribution in [-0.4, -0.2) is 28.7 Å². The standard InChI is InChI=1S/C12H17N3OS/c1-8-3-4-9(10(13)17)11(14-8)15-12(2)5-6-16-7-12/h3-4H,5-7H2,1-2H3,(H2,13,17)(H,14,15). The van der Waals surface area contributed by atoms with Gasteiger partial charge in [0, 0.05) is 12.3 Å². The summed E-state index contributed by atoms with van der Waals surface area (Å²) in [5, 5.41) is 3.40. The van der Waals surface area contributed by atoms with Crippen LogP contribution < -0.4 is 11.1 Å². The van der Waals surface area contributed by atoms with Crippen LogP contribution in [-0.2, 0) is 4.74 Å². The minimum Gasteiger partial charge on any atom is -0.389 e. The second-order valence-corrected chi connectivity index (χ2v) is 5.14. The Bertz CT molecular complexity index is 441. The average molecular weight is 251 g/mol. The van der Waals surface area contributed by atoms with Crippen molar-refractivity contribution < 1.29 is 4.74 Å². The quantitative estimate of drug-likeness (QED) is 0.799. The van der Waals surface area contributed by atoms with Gasteiger partial charge in [0.25, 0.3) is 0 Å². The fraction of sp³-hybridized carbons (Fsp3) is 0.500. The van der Waals surface area contributed by atoms with Crippen molar-refractivity contribution in [1.29, 1.82) is 0 Å². The van der Waals surface area contributed by atoms with E-state index >= 15 is 0 Å². The van der Waals surface area contributed by atoms with E-state index in [9.17, 15) is 0 Å². The van der Waals surface area contributed by atoms with Crippen molar-refractivity contribution >= 4 is 23.0 Å². The highest BCUT2D eigenvalue weighted by atomic mass is 32.1. The molecule has 17 heavy (non-hydrogen) atoms. The molecule has 1 aliphatic heterocycles. The molecular formula is C12H17N3OS. The summed E-state index contributed by atoms with van der Waals surface area (Å²) >= 11 is 5.04. The van der Waals surface area contributed by atoms with Crippen LogP contribution in [0.2, 0.25) is 0 Å². The van der Waals surface area contributed by atoms with Gasteiger partial charge in [0.1, 0.15) is 10.8 Å². The molecule has 0 aromatic carbocycles. The Morgan fingerprint density at radius 1 is 1.59 bits per heavy atom. The number of hydrogen-bond donors (Lipinski definition) is 2. The predicted octanol–water partition coefficient (Wildman–Crippen LogP) is 1.62. The third-order valence-electron chi connectivity index (χ3n) is 2.94. The van der Waals surface area contributed by atoms with Crippen LogP contribution >= 0.6 is 12.2 Å². The first kappa shape index (κ1) is 12.3. The fourth-order valence-corrected chi connectivity index (χ4v) is 2.07. The largest absolute Gasteiger partial charge is 0.389 e. The van der Waals surface area contributed by atoms with Crippen LogP contribution in [0, 0.1) is 6.92 Å². The summed E-state index contributed by atoms with van der Waals surface area (Å²) < 4.78 is 5.41. The summed E-state index contributed by atoms with van der Waals surface area (Å²) in [7, 11) is 0. The zero-order valence-electron chi connectivity index (χ0n) is 10.1. The molecule has 4 nitrogen and oxygen atoms in total. The first-order valence-corrected chi connectivity index (χ1v) is 6.04. The second kappa shape index (κ2) is 4.58. The van der Waals surface area contributed by atoms with Crippen LogP contribution in [0.4, 0.5) is 5.82 Å². The van der Waals surface area contributed by atoms with Crippen molar-refractivity contribution in [2.24, 2.45) is 5.73 Å². The van der Waals surface area contributed by atoms with Crippen LogP contribution in [0.15, 0.2) is 12.1 Å². The maximum absolute atomic E-state index is 5.70. The van der Waals surface area contributed by atoms with Gasteiger partial charge in [-0.1, -0.05) is 12.2 Å². The Morgan fingerprint density at radius 2 is 2.35 bits per heavy atom. The smallest absolute Gasteiger partial charge is 0.137 e. The number of nitrogens with zero attached hydrogens (tertiary/aromatic N) is 1. The Hall–Kier alpha value is -1.20. The number of nitrogens with one attached hydrogen (secondary N) is 1. The summed E-state index contributed by atoms with van der Waals surface area (Å²) in [5.74, 6) is 0.755. The lowest BCUT2D eigenvalue weighted by molar-refractivity contribution is 0.185. The summed E-state index contributed by atoms with van der Waals surface area (Å²) in [6.07, 6.45) is 0.958. The fourth-order valence-electron chi connectivity index (χ4n) is 1.90. The molecule has 1 atom stereocenters. The van der Waals surface area contributed by atoms with E-state index in [0.717, 1.165) is 30.1 Å². The first-order valence-electron chi connectivity index (χ1n) is 5.64. The maximum atomic E-state index is 5.70. The molecule has 0 bridgehead atoms. The van der Waals surface area contributed by atoms with Gasteiger partial charge < -0.3 is 15.8 Å². The van der Waals surface area contributed by atoms with E-state index in [4.69, 9.17) is 22.7 Å². The second-order valence-electron chi connectivity index (χ2n) is 4.70. The summed E-state index contributed by atoms with van der Waals surface area (Å²) in [6.45, 7) is 5.52. The molecule has 3 N–H and O–H groups in total. The lowest BCUT2D eigenvalue weighted by atomic mass is 10.0. The highest BCUT2D eigenvalue weighted by molar-refractivity contribution is 7.80. The molecule has 2 heterocycles.